The largest absolute Gasteiger partial charge is 0.352 e. The second-order valence-electron chi connectivity index (χ2n) is 4.69. The lowest BCUT2D eigenvalue weighted by Gasteiger charge is -2.06. The summed E-state index contributed by atoms with van der Waals surface area (Å²) in [5.74, 6) is -0.0380. The monoisotopic (exact) mass is 307 g/mol. The summed E-state index contributed by atoms with van der Waals surface area (Å²) in [6, 6.07) is 13.3. The van der Waals surface area contributed by atoms with E-state index in [1.165, 1.54) is 5.56 Å². The molecule has 0 bridgehead atoms. The van der Waals surface area contributed by atoms with Gasteiger partial charge in [-0.2, -0.15) is 0 Å². The summed E-state index contributed by atoms with van der Waals surface area (Å²) < 4.78 is 0. The number of halogens is 2. The van der Waals surface area contributed by atoms with Gasteiger partial charge in [0.2, 0.25) is 5.91 Å². The zero-order valence-corrected chi connectivity index (χ0v) is 12.6. The number of rotatable bonds is 4. The number of hydrogen-bond donors (Lipinski definition) is 1. The van der Waals surface area contributed by atoms with Crippen molar-refractivity contribution in [3.8, 4) is 0 Å². The molecule has 0 aromatic heterocycles. The minimum absolute atomic E-state index is 0.0380. The molecule has 2 aromatic rings. The van der Waals surface area contributed by atoms with Crippen LogP contribution >= 0.6 is 23.2 Å². The fourth-order valence-electron chi connectivity index (χ4n) is 1.80. The van der Waals surface area contributed by atoms with Crippen molar-refractivity contribution in [3.63, 3.8) is 0 Å². The Kier molecular flexibility index (Phi) is 5.05. The van der Waals surface area contributed by atoms with E-state index in [0.29, 0.717) is 23.0 Å². The Bertz CT molecular complexity index is 608. The molecule has 2 rings (SSSR count). The molecule has 1 N–H and O–H groups in total. The van der Waals surface area contributed by atoms with Crippen LogP contribution in [0.3, 0.4) is 0 Å². The van der Waals surface area contributed by atoms with Crippen LogP contribution in [0.1, 0.15) is 16.7 Å². The molecule has 20 heavy (non-hydrogen) atoms. The molecule has 0 unspecified atom stereocenters. The predicted molar refractivity (Wildman–Crippen MR) is 83.2 cm³/mol. The molecule has 0 heterocycles. The standard InChI is InChI=1S/C16H15Cl2NO/c1-11-2-4-12(5-3-11)10-19-16(20)9-13-6-7-14(17)15(18)8-13/h2-8H,9-10H2,1H3,(H,19,20). The van der Waals surface area contributed by atoms with Crippen molar-refractivity contribution in [2.24, 2.45) is 0 Å². The van der Waals surface area contributed by atoms with Crippen LogP contribution in [0.4, 0.5) is 0 Å². The van der Waals surface area contributed by atoms with Crippen LogP contribution in [-0.4, -0.2) is 5.91 Å². The second kappa shape index (κ2) is 6.78. The van der Waals surface area contributed by atoms with Gasteiger partial charge in [0, 0.05) is 6.54 Å². The minimum Gasteiger partial charge on any atom is -0.352 e. The Balaban J connectivity index is 1.89. The molecule has 0 aliphatic rings. The van der Waals surface area contributed by atoms with Gasteiger partial charge >= 0.3 is 0 Å². The third-order valence-corrected chi connectivity index (χ3v) is 3.70. The molecule has 2 aromatic carbocycles. The zero-order chi connectivity index (χ0) is 14.5. The molecule has 0 aliphatic carbocycles. The van der Waals surface area contributed by atoms with Crippen LogP contribution in [0.5, 0.6) is 0 Å². The maximum Gasteiger partial charge on any atom is 0.224 e. The first-order chi connectivity index (χ1) is 9.54. The van der Waals surface area contributed by atoms with Crippen LogP contribution in [0.2, 0.25) is 10.0 Å². The molecule has 2 nitrogen and oxygen atoms in total. The van der Waals surface area contributed by atoms with E-state index >= 15 is 0 Å². The van der Waals surface area contributed by atoms with Crippen LogP contribution in [0, 0.1) is 6.92 Å². The van der Waals surface area contributed by atoms with Gasteiger partial charge in [0.1, 0.15) is 0 Å². The summed E-state index contributed by atoms with van der Waals surface area (Å²) in [7, 11) is 0. The highest BCUT2D eigenvalue weighted by Gasteiger charge is 2.05. The Morgan fingerprint density at radius 3 is 2.30 bits per heavy atom. The molecule has 0 saturated carbocycles. The van der Waals surface area contributed by atoms with E-state index in [1.807, 2.05) is 31.2 Å². The van der Waals surface area contributed by atoms with Crippen molar-refractivity contribution in [1.29, 1.82) is 0 Å². The normalized spacial score (nSPS) is 10.3. The van der Waals surface area contributed by atoms with Gasteiger partial charge in [-0.15, -0.1) is 0 Å². The van der Waals surface area contributed by atoms with E-state index in [2.05, 4.69) is 5.32 Å². The van der Waals surface area contributed by atoms with Gasteiger partial charge in [-0.05, 0) is 30.2 Å². The van der Waals surface area contributed by atoms with Gasteiger partial charge in [-0.3, -0.25) is 4.79 Å². The third kappa shape index (κ3) is 4.26. The fraction of sp³-hybridized carbons (Fsp3) is 0.188. The van der Waals surface area contributed by atoms with Gasteiger partial charge in [0.25, 0.3) is 0 Å². The van der Waals surface area contributed by atoms with E-state index in [4.69, 9.17) is 23.2 Å². The number of benzene rings is 2. The molecule has 0 aliphatic heterocycles. The fourth-order valence-corrected chi connectivity index (χ4v) is 2.12. The summed E-state index contributed by atoms with van der Waals surface area (Å²) in [6.45, 7) is 2.56. The smallest absolute Gasteiger partial charge is 0.224 e. The first-order valence-electron chi connectivity index (χ1n) is 6.31. The summed E-state index contributed by atoms with van der Waals surface area (Å²) in [5.41, 5.74) is 3.13. The van der Waals surface area contributed by atoms with Crippen LogP contribution < -0.4 is 5.32 Å². The number of aryl methyl sites for hydroxylation is 1. The van der Waals surface area contributed by atoms with Gasteiger partial charge in [-0.25, -0.2) is 0 Å². The zero-order valence-electron chi connectivity index (χ0n) is 11.1. The lowest BCUT2D eigenvalue weighted by atomic mass is 10.1. The summed E-state index contributed by atoms with van der Waals surface area (Å²) in [6.07, 6.45) is 0.294. The van der Waals surface area contributed by atoms with E-state index in [-0.39, 0.29) is 5.91 Å². The molecule has 0 fully saturated rings. The van der Waals surface area contributed by atoms with Crippen LogP contribution in [0.25, 0.3) is 0 Å². The molecule has 0 radical (unpaired) electrons. The first kappa shape index (κ1) is 14.9. The quantitative estimate of drug-likeness (QED) is 0.903. The molecular formula is C16H15Cl2NO. The lowest BCUT2D eigenvalue weighted by Crippen LogP contribution is -2.24. The Hall–Kier alpha value is -1.51. The molecule has 1 amide bonds. The van der Waals surface area contributed by atoms with E-state index in [0.717, 1.165) is 11.1 Å². The second-order valence-corrected chi connectivity index (χ2v) is 5.50. The maximum atomic E-state index is 11.9. The number of amides is 1. The van der Waals surface area contributed by atoms with E-state index in [9.17, 15) is 4.79 Å². The van der Waals surface area contributed by atoms with Gasteiger partial charge in [-0.1, -0.05) is 59.1 Å². The molecular weight excluding hydrogens is 293 g/mol. The summed E-state index contributed by atoms with van der Waals surface area (Å²) in [5, 5.41) is 3.85. The van der Waals surface area contributed by atoms with Crippen molar-refractivity contribution in [3.05, 3.63) is 69.2 Å². The lowest BCUT2D eigenvalue weighted by molar-refractivity contribution is -0.120. The average molecular weight is 308 g/mol. The third-order valence-electron chi connectivity index (χ3n) is 2.96. The molecule has 104 valence electrons. The molecule has 4 heteroatoms. The summed E-state index contributed by atoms with van der Waals surface area (Å²) >= 11 is 11.8. The van der Waals surface area contributed by atoms with Crippen molar-refractivity contribution in [2.75, 3.05) is 0 Å². The SMILES string of the molecule is Cc1ccc(CNC(=O)Cc2ccc(Cl)c(Cl)c2)cc1. The Morgan fingerprint density at radius 1 is 1.00 bits per heavy atom. The highest BCUT2D eigenvalue weighted by atomic mass is 35.5. The molecule has 0 spiro atoms. The number of carbonyl (C=O) groups is 1. The first-order valence-corrected chi connectivity index (χ1v) is 7.06. The number of carbonyl (C=O) groups excluding carboxylic acids is 1. The van der Waals surface area contributed by atoms with Crippen molar-refractivity contribution in [1.82, 2.24) is 5.32 Å². The maximum absolute atomic E-state index is 11.9. The van der Waals surface area contributed by atoms with Crippen molar-refractivity contribution >= 4 is 29.1 Å². The van der Waals surface area contributed by atoms with Crippen molar-refractivity contribution < 1.29 is 4.79 Å². The highest BCUT2D eigenvalue weighted by molar-refractivity contribution is 6.42. The van der Waals surface area contributed by atoms with E-state index < -0.39 is 0 Å². The molecule has 0 saturated heterocycles. The minimum atomic E-state index is -0.0380. The van der Waals surface area contributed by atoms with Crippen molar-refractivity contribution in [2.45, 2.75) is 19.9 Å². The van der Waals surface area contributed by atoms with Crippen LogP contribution in [-0.2, 0) is 17.8 Å². The molecule has 0 atom stereocenters. The predicted octanol–water partition coefficient (Wildman–Crippen LogP) is 4.16. The topological polar surface area (TPSA) is 29.1 Å². The summed E-state index contributed by atoms with van der Waals surface area (Å²) in [4.78, 5) is 11.9. The van der Waals surface area contributed by atoms with Gasteiger partial charge in [0.15, 0.2) is 0 Å². The van der Waals surface area contributed by atoms with E-state index in [1.54, 1.807) is 18.2 Å². The Labute approximate surface area is 128 Å². The van der Waals surface area contributed by atoms with Gasteiger partial charge < -0.3 is 5.32 Å². The Morgan fingerprint density at radius 2 is 1.65 bits per heavy atom. The highest BCUT2D eigenvalue weighted by Crippen LogP contribution is 2.22. The van der Waals surface area contributed by atoms with Crippen LogP contribution in [0.15, 0.2) is 42.5 Å². The average Bonchev–Trinajstić information content (AvgIpc) is 2.42. The number of hydrogen-bond acceptors (Lipinski definition) is 1. The number of nitrogens with one attached hydrogen (secondary N) is 1. The van der Waals surface area contributed by atoms with Gasteiger partial charge in [0.05, 0.1) is 16.5 Å².